The molecule has 0 unspecified atom stereocenters. The Kier molecular flexibility index (Phi) is 5.57. The summed E-state index contributed by atoms with van der Waals surface area (Å²) in [5, 5.41) is 7.46. The third-order valence-corrected chi connectivity index (χ3v) is 5.63. The number of benzene rings is 1. The molecular formula is C22H27N5O3. The van der Waals surface area contributed by atoms with Gasteiger partial charge in [-0.25, -0.2) is 9.48 Å². The van der Waals surface area contributed by atoms with E-state index in [-0.39, 0.29) is 17.9 Å². The number of hydrogen-bond donors (Lipinski definition) is 1. The second-order valence-electron chi connectivity index (χ2n) is 8.03. The summed E-state index contributed by atoms with van der Waals surface area (Å²) in [4.78, 5) is 40.5. The van der Waals surface area contributed by atoms with Crippen LogP contribution in [-0.4, -0.2) is 39.6 Å². The molecule has 8 nitrogen and oxygen atoms in total. The van der Waals surface area contributed by atoms with Gasteiger partial charge in [-0.1, -0.05) is 31.0 Å². The molecule has 4 rings (SSSR count). The van der Waals surface area contributed by atoms with Crippen LogP contribution in [0.15, 0.2) is 24.3 Å². The number of aromatic nitrogens is 2. The van der Waals surface area contributed by atoms with Gasteiger partial charge in [0.15, 0.2) is 5.82 Å². The minimum Gasteiger partial charge on any atom is -0.338 e. The molecule has 1 aliphatic heterocycles. The van der Waals surface area contributed by atoms with Crippen molar-refractivity contribution in [1.82, 2.24) is 20.0 Å². The van der Waals surface area contributed by atoms with Crippen molar-refractivity contribution in [3.63, 3.8) is 0 Å². The molecule has 0 atom stereocenters. The van der Waals surface area contributed by atoms with Crippen molar-refractivity contribution in [2.75, 3.05) is 11.4 Å². The zero-order valence-corrected chi connectivity index (χ0v) is 17.4. The Labute approximate surface area is 175 Å². The van der Waals surface area contributed by atoms with E-state index in [1.54, 1.807) is 4.90 Å². The number of nitrogens with one attached hydrogen (secondary N) is 1. The maximum absolute atomic E-state index is 12.8. The number of hydrogen-bond acceptors (Lipinski definition) is 4. The Morgan fingerprint density at radius 2 is 1.97 bits per heavy atom. The second-order valence-corrected chi connectivity index (χ2v) is 8.03. The van der Waals surface area contributed by atoms with Crippen molar-refractivity contribution < 1.29 is 14.4 Å². The van der Waals surface area contributed by atoms with Gasteiger partial charge in [0, 0.05) is 18.0 Å². The number of carbonyl (C=O) groups excluding carboxylic acids is 3. The molecule has 2 aromatic rings. The molecule has 3 amide bonds. The summed E-state index contributed by atoms with van der Waals surface area (Å²) >= 11 is 0. The van der Waals surface area contributed by atoms with Gasteiger partial charge >= 0.3 is 6.03 Å². The van der Waals surface area contributed by atoms with Gasteiger partial charge in [-0.3, -0.25) is 14.5 Å². The first-order chi connectivity index (χ1) is 14.5. The summed E-state index contributed by atoms with van der Waals surface area (Å²) in [6, 6.07) is 7.38. The van der Waals surface area contributed by atoms with Gasteiger partial charge in [-0.15, -0.1) is 5.10 Å². The summed E-state index contributed by atoms with van der Waals surface area (Å²) in [6.07, 6.45) is 4.35. The zero-order valence-electron chi connectivity index (χ0n) is 17.4. The maximum atomic E-state index is 12.8. The van der Waals surface area contributed by atoms with E-state index in [0.717, 1.165) is 36.8 Å². The summed E-state index contributed by atoms with van der Waals surface area (Å²) < 4.78 is 1.42. The molecule has 1 aromatic carbocycles. The average molecular weight is 409 g/mol. The topological polar surface area (TPSA) is 87.5 Å². The monoisotopic (exact) mass is 409 g/mol. The Bertz CT molecular complexity index is 962. The zero-order chi connectivity index (χ0) is 21.3. The molecule has 2 heterocycles. The van der Waals surface area contributed by atoms with Crippen LogP contribution in [0.4, 0.5) is 16.3 Å². The predicted octanol–water partition coefficient (Wildman–Crippen LogP) is 3.36. The molecule has 1 aliphatic carbocycles. The van der Waals surface area contributed by atoms with Gasteiger partial charge in [-0.05, 0) is 38.3 Å². The van der Waals surface area contributed by atoms with Crippen LogP contribution in [0.1, 0.15) is 54.2 Å². The SMILES string of the molecule is CCCCNC(=O)N1Cc2c(N(C=O)c3ccc(C)cc3)nn(C(=O)C3CC3)c2C1. The maximum Gasteiger partial charge on any atom is 0.318 e. The highest BCUT2D eigenvalue weighted by Gasteiger charge is 2.38. The summed E-state index contributed by atoms with van der Waals surface area (Å²) in [6.45, 7) is 5.29. The normalized spacial score (nSPS) is 15.1. The molecule has 2 aliphatic rings. The number of unbranched alkanes of at least 4 members (excludes halogenated alkanes) is 1. The smallest absolute Gasteiger partial charge is 0.318 e. The van der Waals surface area contributed by atoms with Crippen LogP contribution in [0.25, 0.3) is 0 Å². The van der Waals surface area contributed by atoms with Crippen molar-refractivity contribution in [3.8, 4) is 0 Å². The highest BCUT2D eigenvalue weighted by Crippen LogP contribution is 2.37. The number of amides is 3. The van der Waals surface area contributed by atoms with E-state index in [9.17, 15) is 14.4 Å². The largest absolute Gasteiger partial charge is 0.338 e. The van der Waals surface area contributed by atoms with Crippen LogP contribution >= 0.6 is 0 Å². The molecule has 1 N–H and O–H groups in total. The number of carbonyl (C=O) groups is 3. The number of rotatable bonds is 7. The average Bonchev–Trinajstić information content (AvgIpc) is 3.41. The molecule has 30 heavy (non-hydrogen) atoms. The van der Waals surface area contributed by atoms with Gasteiger partial charge in [-0.2, -0.15) is 0 Å². The van der Waals surface area contributed by atoms with Crippen LogP contribution in [0.3, 0.4) is 0 Å². The number of nitrogens with zero attached hydrogens (tertiary/aromatic N) is 4. The van der Waals surface area contributed by atoms with Crippen molar-refractivity contribution >= 4 is 29.9 Å². The molecule has 1 fully saturated rings. The van der Waals surface area contributed by atoms with Gasteiger partial charge < -0.3 is 10.2 Å². The van der Waals surface area contributed by atoms with Gasteiger partial charge in [0.1, 0.15) is 0 Å². The van der Waals surface area contributed by atoms with E-state index < -0.39 is 0 Å². The van der Waals surface area contributed by atoms with Crippen LogP contribution in [0.2, 0.25) is 0 Å². The number of anilines is 2. The third kappa shape index (κ3) is 3.81. The highest BCUT2D eigenvalue weighted by molar-refractivity contribution is 5.90. The lowest BCUT2D eigenvalue weighted by atomic mass is 10.2. The molecule has 8 heteroatoms. The van der Waals surface area contributed by atoms with Crippen molar-refractivity contribution in [3.05, 3.63) is 41.1 Å². The van der Waals surface area contributed by atoms with Crippen molar-refractivity contribution in [2.45, 2.75) is 52.6 Å². The molecule has 158 valence electrons. The van der Waals surface area contributed by atoms with Gasteiger partial charge in [0.2, 0.25) is 12.3 Å². The Morgan fingerprint density at radius 1 is 1.23 bits per heavy atom. The molecule has 1 saturated carbocycles. The van der Waals surface area contributed by atoms with Crippen LogP contribution in [0, 0.1) is 12.8 Å². The molecule has 0 saturated heterocycles. The quantitative estimate of drug-likeness (QED) is 0.561. The molecule has 0 radical (unpaired) electrons. The van der Waals surface area contributed by atoms with Crippen molar-refractivity contribution in [1.29, 1.82) is 0 Å². The van der Waals surface area contributed by atoms with Crippen molar-refractivity contribution in [2.24, 2.45) is 5.92 Å². The standard InChI is InChI=1S/C22H27N5O3/c1-3-4-11-23-22(30)25-12-18-19(13-25)27(21(29)16-7-8-16)24-20(18)26(14-28)17-9-5-15(2)6-10-17/h5-6,9-10,14,16H,3-4,7-8,11-13H2,1-2H3,(H,23,30). The molecule has 0 spiro atoms. The fourth-order valence-electron chi connectivity index (χ4n) is 3.67. The van der Waals surface area contributed by atoms with Gasteiger partial charge in [0.05, 0.1) is 24.5 Å². The van der Waals surface area contributed by atoms with E-state index in [1.807, 2.05) is 31.2 Å². The van der Waals surface area contributed by atoms with E-state index in [4.69, 9.17) is 0 Å². The first-order valence-corrected chi connectivity index (χ1v) is 10.5. The van der Waals surface area contributed by atoms with E-state index in [2.05, 4.69) is 17.3 Å². The van der Waals surface area contributed by atoms with Crippen LogP contribution in [-0.2, 0) is 17.9 Å². The molecule has 0 bridgehead atoms. The number of aryl methyl sites for hydroxylation is 1. The van der Waals surface area contributed by atoms with E-state index >= 15 is 0 Å². The predicted molar refractivity (Wildman–Crippen MR) is 113 cm³/mol. The number of urea groups is 1. The van der Waals surface area contributed by atoms with Crippen LogP contribution in [0.5, 0.6) is 0 Å². The van der Waals surface area contributed by atoms with Crippen LogP contribution < -0.4 is 10.2 Å². The molecule has 1 aromatic heterocycles. The fraction of sp³-hybridized carbons (Fsp3) is 0.455. The number of fused-ring (bicyclic) bond motifs is 1. The fourth-order valence-corrected chi connectivity index (χ4v) is 3.67. The first-order valence-electron chi connectivity index (χ1n) is 10.5. The first kappa shape index (κ1) is 20.1. The molecular weight excluding hydrogens is 382 g/mol. The Balaban J connectivity index is 1.66. The lowest BCUT2D eigenvalue weighted by Gasteiger charge is -2.19. The van der Waals surface area contributed by atoms with E-state index in [1.165, 1.54) is 9.58 Å². The lowest BCUT2D eigenvalue weighted by Crippen LogP contribution is -2.37. The van der Waals surface area contributed by atoms with Gasteiger partial charge in [0.25, 0.3) is 0 Å². The highest BCUT2D eigenvalue weighted by atomic mass is 16.2. The Morgan fingerprint density at radius 3 is 2.60 bits per heavy atom. The minimum atomic E-state index is -0.163. The summed E-state index contributed by atoms with van der Waals surface area (Å²) in [5.41, 5.74) is 3.21. The summed E-state index contributed by atoms with van der Waals surface area (Å²) in [7, 11) is 0. The van der Waals surface area contributed by atoms with E-state index in [0.29, 0.717) is 43.2 Å². The summed E-state index contributed by atoms with van der Waals surface area (Å²) in [5.74, 6) is 0.348. The lowest BCUT2D eigenvalue weighted by molar-refractivity contribution is -0.106. The minimum absolute atomic E-state index is 0.0154. The third-order valence-electron chi connectivity index (χ3n) is 5.63. The second kappa shape index (κ2) is 8.30. The Hall–Kier alpha value is -3.16.